The van der Waals surface area contributed by atoms with Crippen molar-refractivity contribution in [3.63, 3.8) is 0 Å². The molecule has 0 aliphatic rings. The molecule has 9 nitrogen and oxygen atoms in total. The number of para-hydroxylation sites is 1. The van der Waals surface area contributed by atoms with Crippen LogP contribution in [0.1, 0.15) is 49.6 Å². The fourth-order valence-electron chi connectivity index (χ4n) is 4.50. The number of hydrogen-bond acceptors (Lipinski definition) is 8. The second kappa shape index (κ2) is 12.3. The van der Waals surface area contributed by atoms with Gasteiger partial charge < -0.3 is 25.3 Å². The molecule has 0 bridgehead atoms. The molecule has 4 N–H and O–H groups in total. The number of hydrogen-bond donors (Lipinski definition) is 3. The molecule has 0 aliphatic carbocycles. The first-order valence-electron chi connectivity index (χ1n) is 12.7. The Balaban J connectivity index is 1.67. The summed E-state index contributed by atoms with van der Waals surface area (Å²) in [5.41, 5.74) is 10.4. The number of aliphatic imine (C=N–C) groups is 1. The zero-order valence-corrected chi connectivity index (χ0v) is 21.1. The van der Waals surface area contributed by atoms with Gasteiger partial charge in [0.1, 0.15) is 11.3 Å². The van der Waals surface area contributed by atoms with E-state index < -0.39 is 0 Å². The Labute approximate surface area is 215 Å². The number of phenolic OH excluding ortho intramolecular Hbond substituents is 2. The number of phenols is 2. The van der Waals surface area contributed by atoms with E-state index >= 15 is 0 Å². The Kier molecular flexibility index (Phi) is 8.72. The van der Waals surface area contributed by atoms with Crippen LogP contribution in [0.2, 0.25) is 0 Å². The Morgan fingerprint density at radius 1 is 1.08 bits per heavy atom. The molecule has 0 atom stereocenters. The summed E-state index contributed by atoms with van der Waals surface area (Å²) < 4.78 is 7.74. The first-order chi connectivity index (χ1) is 18.0. The molecule has 9 heteroatoms. The van der Waals surface area contributed by atoms with Crippen LogP contribution in [0.3, 0.4) is 0 Å². The van der Waals surface area contributed by atoms with Crippen LogP contribution in [0.4, 0.5) is 5.82 Å². The first-order valence-corrected chi connectivity index (χ1v) is 12.7. The number of aromatic hydroxyl groups is 2. The number of isocyanates is 1. The molecule has 0 saturated carbocycles. The van der Waals surface area contributed by atoms with Gasteiger partial charge in [0.05, 0.1) is 24.1 Å². The molecule has 0 radical (unpaired) electrons. The quantitative estimate of drug-likeness (QED) is 0.105. The van der Waals surface area contributed by atoms with Gasteiger partial charge >= 0.3 is 0 Å². The molecule has 4 rings (SSSR count). The summed E-state index contributed by atoms with van der Waals surface area (Å²) >= 11 is 0. The van der Waals surface area contributed by atoms with E-state index in [4.69, 9.17) is 15.5 Å². The van der Waals surface area contributed by atoms with Crippen molar-refractivity contribution in [3.8, 4) is 11.5 Å². The SMILES string of the molecule is CCCCc1nc2c(N)nc3ccc(CCCOCCCN=C=O)cc3c2n1Cc1cccc(O)c1O. The topological polar surface area (TPSA) is 136 Å². The van der Waals surface area contributed by atoms with Crippen LogP contribution in [-0.2, 0) is 28.9 Å². The predicted octanol–water partition coefficient (Wildman–Crippen LogP) is 4.64. The van der Waals surface area contributed by atoms with Crippen LogP contribution >= 0.6 is 0 Å². The maximum absolute atomic E-state index is 10.5. The Hall–Kier alpha value is -3.94. The van der Waals surface area contributed by atoms with E-state index in [2.05, 4.69) is 33.6 Å². The molecule has 2 heterocycles. The van der Waals surface area contributed by atoms with Crippen molar-refractivity contribution in [2.24, 2.45) is 4.99 Å². The molecule has 0 amide bonds. The molecule has 0 fully saturated rings. The average Bonchev–Trinajstić information content (AvgIpc) is 3.26. The van der Waals surface area contributed by atoms with Crippen molar-refractivity contribution in [2.45, 2.75) is 52.0 Å². The third-order valence-electron chi connectivity index (χ3n) is 6.40. The van der Waals surface area contributed by atoms with Gasteiger partial charge in [0.25, 0.3) is 0 Å². The van der Waals surface area contributed by atoms with Gasteiger partial charge in [0.2, 0.25) is 6.08 Å². The van der Waals surface area contributed by atoms with Crippen molar-refractivity contribution in [2.75, 3.05) is 25.5 Å². The summed E-state index contributed by atoms with van der Waals surface area (Å²) in [5, 5.41) is 21.5. The number of aryl methyl sites for hydroxylation is 2. The summed E-state index contributed by atoms with van der Waals surface area (Å²) in [4.78, 5) is 23.1. The number of nitrogens with two attached hydrogens (primary N) is 1. The maximum Gasteiger partial charge on any atom is 0.234 e. The summed E-state index contributed by atoms with van der Waals surface area (Å²) in [5.74, 6) is 0.970. The number of fused-ring (bicyclic) bond motifs is 3. The van der Waals surface area contributed by atoms with Gasteiger partial charge in [-0.05, 0) is 49.4 Å². The number of imidazole rings is 1. The third-order valence-corrected chi connectivity index (χ3v) is 6.40. The molecule has 2 aromatic heterocycles. The number of benzene rings is 2. The van der Waals surface area contributed by atoms with E-state index in [0.29, 0.717) is 49.6 Å². The van der Waals surface area contributed by atoms with Gasteiger partial charge in [0, 0.05) is 30.6 Å². The van der Waals surface area contributed by atoms with E-state index in [1.54, 1.807) is 12.1 Å². The Bertz CT molecular complexity index is 1430. The van der Waals surface area contributed by atoms with Gasteiger partial charge in [-0.2, -0.15) is 0 Å². The summed E-state index contributed by atoms with van der Waals surface area (Å²) in [7, 11) is 0. The molecule has 0 aliphatic heterocycles. The highest BCUT2D eigenvalue weighted by atomic mass is 16.5. The molecule has 4 aromatic rings. The maximum atomic E-state index is 10.5. The van der Waals surface area contributed by atoms with Crippen molar-refractivity contribution in [3.05, 3.63) is 53.3 Å². The number of nitrogens with zero attached hydrogens (tertiary/aromatic N) is 4. The van der Waals surface area contributed by atoms with Crippen LogP contribution in [0.25, 0.3) is 21.9 Å². The average molecular weight is 504 g/mol. The van der Waals surface area contributed by atoms with Crippen LogP contribution in [0.5, 0.6) is 11.5 Å². The highest BCUT2D eigenvalue weighted by Crippen LogP contribution is 2.34. The van der Waals surface area contributed by atoms with Gasteiger partial charge in [0.15, 0.2) is 17.3 Å². The first kappa shape index (κ1) is 26.1. The molecule has 0 spiro atoms. The lowest BCUT2D eigenvalue weighted by atomic mass is 10.1. The normalized spacial score (nSPS) is 11.3. The Morgan fingerprint density at radius 2 is 1.92 bits per heavy atom. The number of unbranched alkanes of at least 4 members (excludes halogenated alkanes) is 1. The van der Waals surface area contributed by atoms with Crippen LogP contribution in [0, 0.1) is 0 Å². The number of carbonyl (C=O) groups excluding carboxylic acids is 1. The van der Waals surface area contributed by atoms with Crippen molar-refractivity contribution < 1.29 is 19.7 Å². The largest absolute Gasteiger partial charge is 0.504 e. The monoisotopic (exact) mass is 503 g/mol. The molecular formula is C28H33N5O4. The highest BCUT2D eigenvalue weighted by molar-refractivity contribution is 6.06. The second-order valence-electron chi connectivity index (χ2n) is 9.09. The molecule has 0 saturated heterocycles. The Morgan fingerprint density at radius 3 is 2.73 bits per heavy atom. The van der Waals surface area contributed by atoms with E-state index in [9.17, 15) is 15.0 Å². The molecule has 0 unspecified atom stereocenters. The lowest BCUT2D eigenvalue weighted by Crippen LogP contribution is -2.06. The number of aromatic nitrogens is 3. The number of ether oxygens (including phenoxy) is 1. The second-order valence-corrected chi connectivity index (χ2v) is 9.09. The highest BCUT2D eigenvalue weighted by Gasteiger charge is 2.19. The number of rotatable bonds is 13. The van der Waals surface area contributed by atoms with Gasteiger partial charge in [-0.3, -0.25) is 0 Å². The predicted molar refractivity (Wildman–Crippen MR) is 144 cm³/mol. The minimum absolute atomic E-state index is 0.129. The fourth-order valence-corrected chi connectivity index (χ4v) is 4.50. The minimum Gasteiger partial charge on any atom is -0.504 e. The molecule has 194 valence electrons. The zero-order valence-electron chi connectivity index (χ0n) is 21.1. The van der Waals surface area contributed by atoms with Crippen molar-refractivity contribution in [1.29, 1.82) is 0 Å². The number of nitrogen functional groups attached to an aromatic ring is 1. The molecule has 37 heavy (non-hydrogen) atoms. The van der Waals surface area contributed by atoms with E-state index in [-0.39, 0.29) is 11.5 Å². The third kappa shape index (κ3) is 6.07. The van der Waals surface area contributed by atoms with Crippen LogP contribution < -0.4 is 5.73 Å². The van der Waals surface area contributed by atoms with Crippen LogP contribution in [0.15, 0.2) is 41.4 Å². The standard InChI is InChI=1S/C28H33N5O4/c1-2-3-10-24-32-25-26(33(24)17-20-8-4-9-23(35)27(20)36)21-16-19(11-12-22(21)31-28(25)29)7-5-14-37-15-6-13-30-18-34/h4,8-9,11-12,16,35-36H,2-3,5-7,10,13-15,17H2,1H3,(H2,29,31). The summed E-state index contributed by atoms with van der Waals surface area (Å²) in [6.45, 7) is 4.10. The lowest BCUT2D eigenvalue weighted by molar-refractivity contribution is 0.131. The zero-order chi connectivity index (χ0) is 26.2. The fraction of sp³-hybridized carbons (Fsp3) is 0.393. The molecular weight excluding hydrogens is 470 g/mol. The van der Waals surface area contributed by atoms with E-state index in [1.807, 2.05) is 6.07 Å². The van der Waals surface area contributed by atoms with Crippen LogP contribution in [-0.4, -0.2) is 50.6 Å². The molecule has 2 aromatic carbocycles. The smallest absolute Gasteiger partial charge is 0.234 e. The minimum atomic E-state index is -0.149. The lowest BCUT2D eigenvalue weighted by Gasteiger charge is -2.13. The summed E-state index contributed by atoms with van der Waals surface area (Å²) in [6.07, 6.45) is 6.67. The summed E-state index contributed by atoms with van der Waals surface area (Å²) in [6, 6.07) is 11.2. The number of pyridine rings is 1. The van der Waals surface area contributed by atoms with Crippen molar-refractivity contribution >= 4 is 33.8 Å². The van der Waals surface area contributed by atoms with Gasteiger partial charge in [-0.25, -0.2) is 19.8 Å². The van der Waals surface area contributed by atoms with Gasteiger partial charge in [-0.1, -0.05) is 31.5 Å². The van der Waals surface area contributed by atoms with E-state index in [0.717, 1.165) is 59.9 Å². The van der Waals surface area contributed by atoms with Gasteiger partial charge in [-0.15, -0.1) is 0 Å². The van der Waals surface area contributed by atoms with Crippen molar-refractivity contribution in [1.82, 2.24) is 14.5 Å². The number of anilines is 1. The van der Waals surface area contributed by atoms with E-state index in [1.165, 1.54) is 12.1 Å².